The molecule has 0 saturated carbocycles. The molecule has 1 amide bonds. The number of hydrogen-bond donors (Lipinski definition) is 1. The van der Waals surface area contributed by atoms with Crippen LogP contribution in [0.2, 0.25) is 0 Å². The van der Waals surface area contributed by atoms with E-state index in [4.69, 9.17) is 0 Å². The molecule has 0 spiro atoms. The molecule has 0 aromatic heterocycles. The predicted octanol–water partition coefficient (Wildman–Crippen LogP) is 2.77. The molecule has 1 saturated heterocycles. The first-order valence-electron chi connectivity index (χ1n) is 7.49. The minimum Gasteiger partial charge on any atom is -0.338 e. The Balaban J connectivity index is 1.89. The van der Waals surface area contributed by atoms with Crippen LogP contribution in [0.4, 0.5) is 0 Å². The van der Waals surface area contributed by atoms with Gasteiger partial charge in [-0.15, -0.1) is 11.8 Å². The van der Waals surface area contributed by atoms with E-state index in [1.165, 1.54) is 11.3 Å². The number of rotatable bonds is 6. The summed E-state index contributed by atoms with van der Waals surface area (Å²) in [5.74, 6) is 0.815. The number of carbonyl (C=O) groups excluding carboxylic acids is 1. The van der Waals surface area contributed by atoms with Gasteiger partial charge in [0.15, 0.2) is 0 Å². The van der Waals surface area contributed by atoms with Crippen molar-refractivity contribution in [2.75, 3.05) is 25.4 Å². The second-order valence-electron chi connectivity index (χ2n) is 5.19. The molecule has 0 aliphatic carbocycles. The maximum Gasteiger partial charge on any atom is 0.233 e. The Kier molecular flexibility index (Phi) is 6.40. The summed E-state index contributed by atoms with van der Waals surface area (Å²) in [6.07, 6.45) is 3.33. The van der Waals surface area contributed by atoms with Crippen LogP contribution < -0.4 is 5.32 Å². The first-order chi connectivity index (χ1) is 9.81. The van der Waals surface area contributed by atoms with Crippen LogP contribution >= 0.6 is 11.8 Å². The van der Waals surface area contributed by atoms with Gasteiger partial charge in [0.05, 0.1) is 5.75 Å². The number of nitrogens with zero attached hydrogens (tertiary/aromatic N) is 1. The lowest BCUT2D eigenvalue weighted by atomic mass is 10.1. The molecule has 1 aromatic carbocycles. The molecule has 3 nitrogen and oxygen atoms in total. The SMILES string of the molecule is CCCN(C(=O)CSc1ccccc1)C1CCCNC1. The van der Waals surface area contributed by atoms with Crippen molar-refractivity contribution in [1.82, 2.24) is 10.2 Å². The Hall–Kier alpha value is -1.00. The molecule has 20 heavy (non-hydrogen) atoms. The summed E-state index contributed by atoms with van der Waals surface area (Å²) in [5, 5.41) is 3.40. The number of carbonyl (C=O) groups is 1. The van der Waals surface area contributed by atoms with E-state index in [2.05, 4.69) is 29.3 Å². The normalized spacial score (nSPS) is 18.8. The molecule has 1 fully saturated rings. The van der Waals surface area contributed by atoms with E-state index in [-0.39, 0.29) is 5.91 Å². The van der Waals surface area contributed by atoms with Gasteiger partial charge in [-0.2, -0.15) is 0 Å². The van der Waals surface area contributed by atoms with Crippen molar-refractivity contribution in [1.29, 1.82) is 0 Å². The highest BCUT2D eigenvalue weighted by atomic mass is 32.2. The van der Waals surface area contributed by atoms with Gasteiger partial charge in [0.25, 0.3) is 0 Å². The molecule has 1 heterocycles. The standard InChI is InChI=1S/C16H24N2OS/c1-2-11-18(14-7-6-10-17-12-14)16(19)13-20-15-8-4-3-5-9-15/h3-5,8-9,14,17H,2,6-7,10-13H2,1H3. The molecule has 1 N–H and O–H groups in total. The lowest BCUT2D eigenvalue weighted by Gasteiger charge is -2.34. The highest BCUT2D eigenvalue weighted by molar-refractivity contribution is 8.00. The molecule has 1 aliphatic heterocycles. The van der Waals surface area contributed by atoms with Gasteiger partial charge < -0.3 is 10.2 Å². The largest absolute Gasteiger partial charge is 0.338 e. The third-order valence-corrected chi connectivity index (χ3v) is 4.60. The summed E-state index contributed by atoms with van der Waals surface area (Å²) >= 11 is 1.64. The molecule has 2 rings (SSSR count). The zero-order valence-electron chi connectivity index (χ0n) is 12.2. The molecule has 0 radical (unpaired) electrons. The van der Waals surface area contributed by atoms with Gasteiger partial charge in [0.2, 0.25) is 5.91 Å². The van der Waals surface area contributed by atoms with Crippen molar-refractivity contribution in [3.63, 3.8) is 0 Å². The van der Waals surface area contributed by atoms with Crippen molar-refractivity contribution in [2.24, 2.45) is 0 Å². The number of nitrogens with one attached hydrogen (secondary N) is 1. The second kappa shape index (κ2) is 8.32. The minimum absolute atomic E-state index is 0.273. The summed E-state index contributed by atoms with van der Waals surface area (Å²) in [6, 6.07) is 10.5. The van der Waals surface area contributed by atoms with Crippen LogP contribution in [0.3, 0.4) is 0 Å². The van der Waals surface area contributed by atoms with Gasteiger partial charge >= 0.3 is 0 Å². The smallest absolute Gasteiger partial charge is 0.233 e. The highest BCUT2D eigenvalue weighted by Crippen LogP contribution is 2.19. The number of piperidine rings is 1. The molecule has 110 valence electrons. The van der Waals surface area contributed by atoms with E-state index in [9.17, 15) is 4.79 Å². The van der Waals surface area contributed by atoms with Crippen LogP contribution in [0.25, 0.3) is 0 Å². The van der Waals surface area contributed by atoms with Gasteiger partial charge in [-0.05, 0) is 37.9 Å². The van der Waals surface area contributed by atoms with Crippen LogP contribution in [0, 0.1) is 0 Å². The maximum absolute atomic E-state index is 12.5. The van der Waals surface area contributed by atoms with Crippen LogP contribution in [-0.4, -0.2) is 42.2 Å². The molecule has 1 aliphatic rings. The Morgan fingerprint density at radius 1 is 1.40 bits per heavy atom. The average Bonchev–Trinajstić information content (AvgIpc) is 2.52. The summed E-state index contributed by atoms with van der Waals surface area (Å²) < 4.78 is 0. The Morgan fingerprint density at radius 3 is 2.85 bits per heavy atom. The Bertz CT molecular complexity index is 404. The minimum atomic E-state index is 0.273. The van der Waals surface area contributed by atoms with E-state index >= 15 is 0 Å². The van der Waals surface area contributed by atoms with Crippen LogP contribution in [0.5, 0.6) is 0 Å². The van der Waals surface area contributed by atoms with E-state index in [0.717, 1.165) is 32.5 Å². The van der Waals surface area contributed by atoms with Gasteiger partial charge in [-0.3, -0.25) is 4.79 Å². The second-order valence-corrected chi connectivity index (χ2v) is 6.24. The molecule has 4 heteroatoms. The van der Waals surface area contributed by atoms with Crippen molar-refractivity contribution in [3.8, 4) is 0 Å². The van der Waals surface area contributed by atoms with Gasteiger partial charge in [0.1, 0.15) is 0 Å². The summed E-state index contributed by atoms with van der Waals surface area (Å²) in [4.78, 5) is 15.7. The highest BCUT2D eigenvalue weighted by Gasteiger charge is 2.24. The molecule has 1 aromatic rings. The summed E-state index contributed by atoms with van der Waals surface area (Å²) in [6.45, 7) is 5.05. The zero-order chi connectivity index (χ0) is 14.2. The zero-order valence-corrected chi connectivity index (χ0v) is 13.0. The van der Waals surface area contributed by atoms with Gasteiger partial charge in [-0.25, -0.2) is 0 Å². The fraction of sp³-hybridized carbons (Fsp3) is 0.562. The van der Waals surface area contributed by atoms with Crippen molar-refractivity contribution in [2.45, 2.75) is 37.1 Å². The van der Waals surface area contributed by atoms with E-state index in [1.54, 1.807) is 11.8 Å². The molecule has 0 bridgehead atoms. The van der Waals surface area contributed by atoms with Gasteiger partial charge in [-0.1, -0.05) is 25.1 Å². The molecule has 1 unspecified atom stereocenters. The van der Waals surface area contributed by atoms with Crippen molar-refractivity contribution >= 4 is 17.7 Å². The maximum atomic E-state index is 12.5. The van der Waals surface area contributed by atoms with Gasteiger partial charge in [0, 0.05) is 24.0 Å². The summed E-state index contributed by atoms with van der Waals surface area (Å²) in [7, 11) is 0. The Morgan fingerprint density at radius 2 is 2.20 bits per heavy atom. The number of amides is 1. The number of thioether (sulfide) groups is 1. The van der Waals surface area contributed by atoms with Crippen molar-refractivity contribution in [3.05, 3.63) is 30.3 Å². The monoisotopic (exact) mass is 292 g/mol. The van der Waals surface area contributed by atoms with E-state index < -0.39 is 0 Å². The first-order valence-corrected chi connectivity index (χ1v) is 8.48. The first kappa shape index (κ1) is 15.4. The van der Waals surface area contributed by atoms with E-state index in [1.807, 2.05) is 18.2 Å². The summed E-state index contributed by atoms with van der Waals surface area (Å²) in [5.41, 5.74) is 0. The lowest BCUT2D eigenvalue weighted by molar-refractivity contribution is -0.131. The number of hydrogen-bond acceptors (Lipinski definition) is 3. The van der Waals surface area contributed by atoms with Crippen LogP contribution in [-0.2, 0) is 4.79 Å². The molecule has 1 atom stereocenters. The van der Waals surface area contributed by atoms with Crippen LogP contribution in [0.15, 0.2) is 35.2 Å². The quantitative estimate of drug-likeness (QED) is 0.818. The fourth-order valence-electron chi connectivity index (χ4n) is 2.60. The average molecular weight is 292 g/mol. The molecular formula is C16H24N2OS. The third kappa shape index (κ3) is 4.53. The molecular weight excluding hydrogens is 268 g/mol. The topological polar surface area (TPSA) is 32.3 Å². The fourth-order valence-corrected chi connectivity index (χ4v) is 3.40. The Labute approximate surface area is 126 Å². The third-order valence-electron chi connectivity index (χ3n) is 3.60. The lowest BCUT2D eigenvalue weighted by Crippen LogP contribution is -2.49. The predicted molar refractivity (Wildman–Crippen MR) is 85.1 cm³/mol. The van der Waals surface area contributed by atoms with E-state index in [0.29, 0.717) is 11.8 Å². The van der Waals surface area contributed by atoms with Crippen molar-refractivity contribution < 1.29 is 4.79 Å². The van der Waals surface area contributed by atoms with Crippen LogP contribution in [0.1, 0.15) is 26.2 Å². The number of benzene rings is 1.